The van der Waals surface area contributed by atoms with Crippen LogP contribution in [0.15, 0.2) is 30.3 Å². The van der Waals surface area contributed by atoms with Crippen molar-refractivity contribution in [2.24, 2.45) is 0 Å². The average Bonchev–Trinajstić information content (AvgIpc) is 2.54. The average molecular weight is 354 g/mol. The standard InChI is InChI=1S/C17H17Cl2NO3/c1-10-15(22-2)6-12(7-16(10)23-3)17(21)20-9-11-4-5-13(18)8-14(11)19/h4-8H,9H2,1-3H3,(H,20,21). The molecule has 0 atom stereocenters. The summed E-state index contributed by atoms with van der Waals surface area (Å²) in [5.41, 5.74) is 2.08. The van der Waals surface area contributed by atoms with Gasteiger partial charge in [-0.05, 0) is 36.8 Å². The smallest absolute Gasteiger partial charge is 0.251 e. The molecule has 0 aliphatic heterocycles. The van der Waals surface area contributed by atoms with Gasteiger partial charge in [0.25, 0.3) is 5.91 Å². The maximum atomic E-state index is 12.4. The van der Waals surface area contributed by atoms with Gasteiger partial charge in [0.05, 0.1) is 14.2 Å². The zero-order chi connectivity index (χ0) is 17.0. The van der Waals surface area contributed by atoms with Crippen molar-refractivity contribution in [1.82, 2.24) is 5.32 Å². The number of hydrogen-bond acceptors (Lipinski definition) is 3. The molecule has 0 saturated carbocycles. The summed E-state index contributed by atoms with van der Waals surface area (Å²) >= 11 is 12.0. The number of benzene rings is 2. The number of amides is 1. The molecule has 1 amide bonds. The summed E-state index contributed by atoms with van der Waals surface area (Å²) in [7, 11) is 3.11. The number of rotatable bonds is 5. The summed E-state index contributed by atoms with van der Waals surface area (Å²) < 4.78 is 10.6. The summed E-state index contributed by atoms with van der Waals surface area (Å²) in [5, 5.41) is 3.88. The summed E-state index contributed by atoms with van der Waals surface area (Å²) in [5.74, 6) is 0.950. The minimum atomic E-state index is -0.243. The van der Waals surface area contributed by atoms with Gasteiger partial charge in [-0.3, -0.25) is 4.79 Å². The number of carbonyl (C=O) groups is 1. The Hall–Kier alpha value is -1.91. The van der Waals surface area contributed by atoms with E-state index in [9.17, 15) is 4.79 Å². The summed E-state index contributed by atoms with van der Waals surface area (Å²) in [4.78, 5) is 12.4. The maximum absolute atomic E-state index is 12.4. The van der Waals surface area contributed by atoms with Crippen LogP contribution < -0.4 is 14.8 Å². The second-order valence-corrected chi connectivity index (χ2v) is 5.77. The lowest BCUT2D eigenvalue weighted by Gasteiger charge is -2.13. The van der Waals surface area contributed by atoms with Crippen molar-refractivity contribution in [2.75, 3.05) is 14.2 Å². The summed E-state index contributed by atoms with van der Waals surface area (Å²) in [6.07, 6.45) is 0. The normalized spacial score (nSPS) is 10.3. The molecule has 2 rings (SSSR count). The summed E-state index contributed by atoms with van der Waals surface area (Å²) in [6.45, 7) is 2.17. The number of halogens is 2. The van der Waals surface area contributed by atoms with E-state index in [4.69, 9.17) is 32.7 Å². The zero-order valence-electron chi connectivity index (χ0n) is 13.1. The Morgan fingerprint density at radius 3 is 2.22 bits per heavy atom. The highest BCUT2D eigenvalue weighted by Crippen LogP contribution is 2.29. The van der Waals surface area contributed by atoms with Crippen molar-refractivity contribution in [3.05, 3.63) is 57.1 Å². The van der Waals surface area contributed by atoms with Gasteiger partial charge < -0.3 is 14.8 Å². The lowest BCUT2D eigenvalue weighted by atomic mass is 10.1. The van der Waals surface area contributed by atoms with Crippen LogP contribution in [-0.2, 0) is 6.54 Å². The van der Waals surface area contributed by atoms with Crippen LogP contribution in [0.4, 0.5) is 0 Å². The fourth-order valence-electron chi connectivity index (χ4n) is 2.16. The highest BCUT2D eigenvalue weighted by molar-refractivity contribution is 6.35. The topological polar surface area (TPSA) is 47.6 Å². The van der Waals surface area contributed by atoms with Crippen molar-refractivity contribution >= 4 is 29.1 Å². The number of methoxy groups -OCH3 is 2. The molecule has 0 aliphatic carbocycles. The molecule has 0 aliphatic rings. The minimum absolute atomic E-state index is 0.243. The van der Waals surface area contributed by atoms with E-state index in [1.54, 1.807) is 44.6 Å². The van der Waals surface area contributed by atoms with Gasteiger partial charge in [-0.1, -0.05) is 29.3 Å². The minimum Gasteiger partial charge on any atom is -0.496 e. The van der Waals surface area contributed by atoms with Gasteiger partial charge in [0, 0.05) is 27.7 Å². The molecule has 4 nitrogen and oxygen atoms in total. The lowest BCUT2D eigenvalue weighted by molar-refractivity contribution is 0.0950. The van der Waals surface area contributed by atoms with Crippen LogP contribution in [0.3, 0.4) is 0 Å². The van der Waals surface area contributed by atoms with E-state index < -0.39 is 0 Å². The van der Waals surface area contributed by atoms with E-state index >= 15 is 0 Å². The predicted octanol–water partition coefficient (Wildman–Crippen LogP) is 4.25. The maximum Gasteiger partial charge on any atom is 0.251 e. The third-order valence-electron chi connectivity index (χ3n) is 3.47. The van der Waals surface area contributed by atoms with E-state index in [-0.39, 0.29) is 5.91 Å². The number of ether oxygens (including phenoxy) is 2. The van der Waals surface area contributed by atoms with E-state index in [1.807, 2.05) is 6.92 Å². The van der Waals surface area contributed by atoms with Crippen LogP contribution >= 0.6 is 23.2 Å². The Bertz CT molecular complexity index is 707. The Morgan fingerprint density at radius 1 is 1.09 bits per heavy atom. The number of nitrogens with one attached hydrogen (secondary N) is 1. The Morgan fingerprint density at radius 2 is 1.70 bits per heavy atom. The van der Waals surface area contributed by atoms with Crippen molar-refractivity contribution in [1.29, 1.82) is 0 Å². The first kappa shape index (κ1) is 17.4. The summed E-state index contributed by atoms with van der Waals surface area (Å²) in [6, 6.07) is 8.50. The monoisotopic (exact) mass is 353 g/mol. The lowest BCUT2D eigenvalue weighted by Crippen LogP contribution is -2.23. The molecule has 2 aromatic rings. The van der Waals surface area contributed by atoms with Gasteiger partial charge in [-0.25, -0.2) is 0 Å². The van der Waals surface area contributed by atoms with Crippen molar-refractivity contribution in [2.45, 2.75) is 13.5 Å². The SMILES string of the molecule is COc1cc(C(=O)NCc2ccc(Cl)cc2Cl)cc(OC)c1C. The van der Waals surface area contributed by atoms with Gasteiger partial charge in [0.15, 0.2) is 0 Å². The largest absolute Gasteiger partial charge is 0.496 e. The molecule has 2 aromatic carbocycles. The molecule has 0 heterocycles. The van der Waals surface area contributed by atoms with Crippen molar-refractivity contribution in [3.8, 4) is 11.5 Å². The van der Waals surface area contributed by atoms with Gasteiger partial charge in [-0.2, -0.15) is 0 Å². The molecule has 0 radical (unpaired) electrons. The number of hydrogen-bond donors (Lipinski definition) is 1. The molecule has 6 heteroatoms. The van der Waals surface area contributed by atoms with Gasteiger partial charge in [0.1, 0.15) is 11.5 Å². The van der Waals surface area contributed by atoms with Crippen LogP contribution in [0.5, 0.6) is 11.5 Å². The molecule has 0 saturated heterocycles. The van der Waals surface area contributed by atoms with Crippen LogP contribution in [0, 0.1) is 6.92 Å². The van der Waals surface area contributed by atoms with Crippen molar-refractivity contribution in [3.63, 3.8) is 0 Å². The second kappa shape index (κ2) is 7.57. The predicted molar refractivity (Wildman–Crippen MR) is 91.9 cm³/mol. The van der Waals surface area contributed by atoms with E-state index in [0.717, 1.165) is 11.1 Å². The third kappa shape index (κ3) is 4.09. The fraction of sp³-hybridized carbons (Fsp3) is 0.235. The van der Waals surface area contributed by atoms with Crippen LogP contribution in [0.2, 0.25) is 10.0 Å². The quantitative estimate of drug-likeness (QED) is 0.873. The molecule has 0 fully saturated rings. The molecule has 0 aromatic heterocycles. The molecule has 23 heavy (non-hydrogen) atoms. The second-order valence-electron chi connectivity index (χ2n) is 4.92. The Kier molecular flexibility index (Phi) is 5.74. The molecule has 0 bridgehead atoms. The van der Waals surface area contributed by atoms with Gasteiger partial charge in [-0.15, -0.1) is 0 Å². The van der Waals surface area contributed by atoms with E-state index in [1.165, 1.54) is 0 Å². The molecular formula is C17H17Cl2NO3. The molecule has 122 valence electrons. The van der Waals surface area contributed by atoms with Gasteiger partial charge in [0.2, 0.25) is 0 Å². The number of carbonyl (C=O) groups excluding carboxylic acids is 1. The third-order valence-corrected chi connectivity index (χ3v) is 4.06. The molecule has 0 spiro atoms. The Labute approximate surface area is 145 Å². The first-order valence-electron chi connectivity index (χ1n) is 6.91. The molecule has 1 N–H and O–H groups in total. The highest BCUT2D eigenvalue weighted by atomic mass is 35.5. The van der Waals surface area contributed by atoms with E-state index in [2.05, 4.69) is 5.32 Å². The van der Waals surface area contributed by atoms with Crippen LogP contribution in [-0.4, -0.2) is 20.1 Å². The van der Waals surface area contributed by atoms with Crippen LogP contribution in [0.25, 0.3) is 0 Å². The first-order valence-corrected chi connectivity index (χ1v) is 7.66. The van der Waals surface area contributed by atoms with Gasteiger partial charge >= 0.3 is 0 Å². The van der Waals surface area contributed by atoms with Crippen LogP contribution in [0.1, 0.15) is 21.5 Å². The van der Waals surface area contributed by atoms with Crippen molar-refractivity contribution < 1.29 is 14.3 Å². The Balaban J connectivity index is 2.17. The van der Waals surface area contributed by atoms with E-state index in [0.29, 0.717) is 33.7 Å². The fourth-order valence-corrected chi connectivity index (χ4v) is 2.64. The first-order chi connectivity index (χ1) is 11.0. The zero-order valence-corrected chi connectivity index (χ0v) is 14.6. The highest BCUT2D eigenvalue weighted by Gasteiger charge is 2.14. The molecule has 0 unspecified atom stereocenters. The molecular weight excluding hydrogens is 337 g/mol.